The van der Waals surface area contributed by atoms with Gasteiger partial charge in [-0.3, -0.25) is 0 Å². The highest BCUT2D eigenvalue weighted by Crippen LogP contribution is 2.32. The first-order chi connectivity index (χ1) is 9.55. The maximum Gasteiger partial charge on any atom is 0.124 e. The first-order valence-electron chi connectivity index (χ1n) is 6.33. The fourth-order valence-corrected chi connectivity index (χ4v) is 2.66. The molecule has 2 nitrogen and oxygen atoms in total. The van der Waals surface area contributed by atoms with Crippen LogP contribution in [0.3, 0.4) is 0 Å². The Bertz CT molecular complexity index is 595. The number of hydrogen-bond donors (Lipinski definition) is 1. The molecule has 4 heteroatoms. The number of ether oxygens (including phenoxy) is 1. The number of aryl methyl sites for hydroxylation is 1. The van der Waals surface area contributed by atoms with Crippen LogP contribution in [0.25, 0.3) is 0 Å². The SMILES string of the molecule is CNC(c1cc(C)cc(Cl)c1)c1cc(F)ccc1OC. The van der Waals surface area contributed by atoms with E-state index >= 15 is 0 Å². The van der Waals surface area contributed by atoms with Crippen molar-refractivity contribution in [2.75, 3.05) is 14.2 Å². The second-order valence-electron chi connectivity index (χ2n) is 4.67. The van der Waals surface area contributed by atoms with Crippen LogP contribution in [0.4, 0.5) is 4.39 Å². The van der Waals surface area contributed by atoms with Crippen molar-refractivity contribution in [2.45, 2.75) is 13.0 Å². The summed E-state index contributed by atoms with van der Waals surface area (Å²) >= 11 is 6.11. The number of halogens is 2. The third kappa shape index (κ3) is 3.11. The van der Waals surface area contributed by atoms with Crippen LogP contribution < -0.4 is 10.1 Å². The third-order valence-corrected chi connectivity index (χ3v) is 3.41. The van der Waals surface area contributed by atoms with Gasteiger partial charge < -0.3 is 10.1 Å². The van der Waals surface area contributed by atoms with Crippen molar-refractivity contribution < 1.29 is 9.13 Å². The Hall–Kier alpha value is -1.58. The molecule has 1 N–H and O–H groups in total. The summed E-state index contributed by atoms with van der Waals surface area (Å²) in [6.45, 7) is 1.98. The summed E-state index contributed by atoms with van der Waals surface area (Å²) in [5.74, 6) is 0.350. The predicted molar refractivity (Wildman–Crippen MR) is 80.0 cm³/mol. The smallest absolute Gasteiger partial charge is 0.124 e. The largest absolute Gasteiger partial charge is 0.496 e. The van der Waals surface area contributed by atoms with Crippen LogP contribution in [0.5, 0.6) is 5.75 Å². The first-order valence-corrected chi connectivity index (χ1v) is 6.70. The second kappa shape index (κ2) is 6.25. The zero-order chi connectivity index (χ0) is 14.7. The van der Waals surface area contributed by atoms with E-state index in [4.69, 9.17) is 16.3 Å². The maximum atomic E-state index is 13.5. The van der Waals surface area contributed by atoms with Crippen LogP contribution in [0, 0.1) is 12.7 Å². The van der Waals surface area contributed by atoms with Crippen molar-refractivity contribution in [2.24, 2.45) is 0 Å². The summed E-state index contributed by atoms with van der Waals surface area (Å²) in [4.78, 5) is 0. The Morgan fingerprint density at radius 2 is 1.95 bits per heavy atom. The van der Waals surface area contributed by atoms with E-state index in [1.807, 2.05) is 32.2 Å². The molecule has 2 aromatic rings. The molecule has 2 aromatic carbocycles. The maximum absolute atomic E-state index is 13.5. The van der Waals surface area contributed by atoms with E-state index in [0.717, 1.165) is 16.7 Å². The Morgan fingerprint density at radius 1 is 1.20 bits per heavy atom. The molecule has 0 aromatic heterocycles. The molecule has 0 radical (unpaired) electrons. The molecule has 20 heavy (non-hydrogen) atoms. The highest BCUT2D eigenvalue weighted by atomic mass is 35.5. The molecule has 1 atom stereocenters. The molecule has 0 aliphatic rings. The van der Waals surface area contributed by atoms with E-state index in [-0.39, 0.29) is 11.9 Å². The Balaban J connectivity index is 2.54. The fraction of sp³-hybridized carbons (Fsp3) is 0.250. The lowest BCUT2D eigenvalue weighted by Gasteiger charge is -2.20. The molecule has 0 fully saturated rings. The minimum absolute atomic E-state index is 0.182. The molecule has 0 aliphatic carbocycles. The molecule has 0 saturated heterocycles. The highest BCUT2D eigenvalue weighted by molar-refractivity contribution is 6.30. The van der Waals surface area contributed by atoms with Crippen LogP contribution in [-0.4, -0.2) is 14.2 Å². The lowest BCUT2D eigenvalue weighted by molar-refractivity contribution is 0.404. The van der Waals surface area contributed by atoms with Crippen LogP contribution in [-0.2, 0) is 0 Å². The van der Waals surface area contributed by atoms with Gasteiger partial charge in [0.25, 0.3) is 0 Å². The Labute approximate surface area is 123 Å². The third-order valence-electron chi connectivity index (χ3n) is 3.19. The van der Waals surface area contributed by atoms with Crippen molar-refractivity contribution >= 4 is 11.6 Å². The van der Waals surface area contributed by atoms with Crippen molar-refractivity contribution in [1.29, 1.82) is 0 Å². The molecular weight excluding hydrogens is 277 g/mol. The standard InChI is InChI=1S/C16H17ClFNO/c1-10-6-11(8-12(17)7-10)16(19-2)14-9-13(18)4-5-15(14)20-3/h4-9,16,19H,1-3H3. The zero-order valence-corrected chi connectivity index (χ0v) is 12.5. The molecule has 106 valence electrons. The summed E-state index contributed by atoms with van der Waals surface area (Å²) in [5, 5.41) is 3.85. The molecule has 0 amide bonds. The van der Waals surface area contributed by atoms with Crippen molar-refractivity contribution in [3.05, 3.63) is 63.9 Å². The topological polar surface area (TPSA) is 21.3 Å². The highest BCUT2D eigenvalue weighted by Gasteiger charge is 2.18. The Kier molecular flexibility index (Phi) is 4.63. The van der Waals surface area contributed by atoms with E-state index in [1.165, 1.54) is 12.1 Å². The summed E-state index contributed by atoms with van der Waals surface area (Å²) in [6.07, 6.45) is 0. The molecule has 0 aliphatic heterocycles. The second-order valence-corrected chi connectivity index (χ2v) is 5.11. The van der Waals surface area contributed by atoms with Gasteiger partial charge >= 0.3 is 0 Å². The van der Waals surface area contributed by atoms with Crippen molar-refractivity contribution in [1.82, 2.24) is 5.32 Å². The number of rotatable bonds is 4. The average molecular weight is 294 g/mol. The van der Waals surface area contributed by atoms with E-state index in [2.05, 4.69) is 5.32 Å². The molecule has 0 bridgehead atoms. The van der Waals surface area contributed by atoms with Crippen LogP contribution in [0.1, 0.15) is 22.7 Å². The molecule has 0 heterocycles. The average Bonchev–Trinajstić information content (AvgIpc) is 2.39. The van der Waals surface area contributed by atoms with Crippen molar-refractivity contribution in [3.63, 3.8) is 0 Å². The normalized spacial score (nSPS) is 12.2. The summed E-state index contributed by atoms with van der Waals surface area (Å²) in [7, 11) is 3.40. The quantitative estimate of drug-likeness (QED) is 0.916. The van der Waals surface area contributed by atoms with Gasteiger partial charge in [-0.1, -0.05) is 17.7 Å². The lowest BCUT2D eigenvalue weighted by atomic mass is 9.96. The molecule has 0 saturated carbocycles. The molecular formula is C16H17ClFNO. The van der Waals surface area contributed by atoms with Gasteiger partial charge in [0.2, 0.25) is 0 Å². The van der Waals surface area contributed by atoms with E-state index < -0.39 is 0 Å². The van der Waals surface area contributed by atoms with Gasteiger partial charge in [-0.15, -0.1) is 0 Å². The van der Waals surface area contributed by atoms with Crippen LogP contribution in [0.2, 0.25) is 5.02 Å². The summed E-state index contributed by atoms with van der Waals surface area (Å²) < 4.78 is 18.9. The monoisotopic (exact) mass is 293 g/mol. The van der Waals surface area contributed by atoms with Gasteiger partial charge in [-0.05, 0) is 55.4 Å². The Morgan fingerprint density at radius 3 is 2.55 bits per heavy atom. The van der Waals surface area contributed by atoms with E-state index in [9.17, 15) is 4.39 Å². The van der Waals surface area contributed by atoms with Gasteiger partial charge in [0.15, 0.2) is 0 Å². The van der Waals surface area contributed by atoms with Gasteiger partial charge in [-0.25, -0.2) is 4.39 Å². The minimum Gasteiger partial charge on any atom is -0.496 e. The molecule has 1 unspecified atom stereocenters. The van der Waals surface area contributed by atoms with Crippen LogP contribution in [0.15, 0.2) is 36.4 Å². The lowest BCUT2D eigenvalue weighted by Crippen LogP contribution is -2.18. The number of nitrogens with one attached hydrogen (secondary N) is 1. The van der Waals surface area contributed by atoms with Gasteiger partial charge in [0.1, 0.15) is 11.6 Å². The van der Waals surface area contributed by atoms with Gasteiger partial charge in [-0.2, -0.15) is 0 Å². The number of benzene rings is 2. The zero-order valence-electron chi connectivity index (χ0n) is 11.7. The predicted octanol–water partition coefficient (Wildman–Crippen LogP) is 4.10. The van der Waals surface area contributed by atoms with Gasteiger partial charge in [0.05, 0.1) is 13.2 Å². The van der Waals surface area contributed by atoms with Crippen LogP contribution >= 0.6 is 11.6 Å². The number of methoxy groups -OCH3 is 1. The molecule has 0 spiro atoms. The minimum atomic E-state index is -0.292. The molecule has 2 rings (SSSR count). The van der Waals surface area contributed by atoms with Gasteiger partial charge in [0, 0.05) is 10.6 Å². The number of hydrogen-bond acceptors (Lipinski definition) is 2. The van der Waals surface area contributed by atoms with Crippen molar-refractivity contribution in [3.8, 4) is 5.75 Å². The fourth-order valence-electron chi connectivity index (χ4n) is 2.36. The summed E-state index contributed by atoms with van der Waals surface area (Å²) in [6, 6.07) is 10.1. The van der Waals surface area contributed by atoms with E-state index in [1.54, 1.807) is 13.2 Å². The summed E-state index contributed by atoms with van der Waals surface area (Å²) in [5.41, 5.74) is 2.78. The van der Waals surface area contributed by atoms with E-state index in [0.29, 0.717) is 10.8 Å². The first kappa shape index (κ1) is 14.8.